The van der Waals surface area contributed by atoms with Crippen LogP contribution in [0.4, 0.5) is 0 Å². The minimum atomic E-state index is 0.0971. The van der Waals surface area contributed by atoms with Gasteiger partial charge in [0.1, 0.15) is 5.75 Å². The zero-order valence-electron chi connectivity index (χ0n) is 16.2. The molecule has 2 N–H and O–H groups in total. The Balaban J connectivity index is 1.70. The number of fused-ring (bicyclic) bond motifs is 1. The van der Waals surface area contributed by atoms with E-state index in [-0.39, 0.29) is 11.5 Å². The highest BCUT2D eigenvalue weighted by Gasteiger charge is 2.59. The van der Waals surface area contributed by atoms with E-state index in [1.54, 1.807) is 7.11 Å². The first kappa shape index (κ1) is 18.1. The van der Waals surface area contributed by atoms with E-state index in [2.05, 4.69) is 55.5 Å². The van der Waals surface area contributed by atoms with Crippen LogP contribution < -0.4 is 15.4 Å². The van der Waals surface area contributed by atoms with Gasteiger partial charge < -0.3 is 20.1 Å². The summed E-state index contributed by atoms with van der Waals surface area (Å²) in [4.78, 5) is 4.45. The van der Waals surface area contributed by atoms with Gasteiger partial charge in [-0.25, -0.2) is 0 Å². The average molecular weight is 345 g/mol. The second-order valence-electron chi connectivity index (χ2n) is 7.87. The van der Waals surface area contributed by atoms with Crippen molar-refractivity contribution in [3.05, 3.63) is 29.3 Å². The lowest BCUT2D eigenvalue weighted by molar-refractivity contribution is -0.106. The molecule has 4 unspecified atom stereocenters. The molecule has 0 spiro atoms. The van der Waals surface area contributed by atoms with Crippen molar-refractivity contribution in [3.8, 4) is 5.75 Å². The van der Waals surface area contributed by atoms with Crippen LogP contribution in [0.3, 0.4) is 0 Å². The Morgan fingerprint density at radius 3 is 2.84 bits per heavy atom. The Morgan fingerprint density at radius 2 is 2.16 bits per heavy atom. The van der Waals surface area contributed by atoms with Crippen LogP contribution in [-0.2, 0) is 4.74 Å². The molecule has 2 aliphatic rings. The molecule has 2 fully saturated rings. The fourth-order valence-electron chi connectivity index (χ4n) is 4.41. The first-order chi connectivity index (χ1) is 11.9. The van der Waals surface area contributed by atoms with Gasteiger partial charge in [0, 0.05) is 36.6 Å². The summed E-state index contributed by atoms with van der Waals surface area (Å²) in [5, 5.41) is 7.16. The number of rotatable bonds is 4. The zero-order chi connectivity index (χ0) is 18.2. The lowest BCUT2D eigenvalue weighted by Gasteiger charge is -2.55. The Hall–Kier alpha value is -1.75. The number of methoxy groups -OCH3 is 1. The van der Waals surface area contributed by atoms with Gasteiger partial charge in [0.25, 0.3) is 0 Å². The summed E-state index contributed by atoms with van der Waals surface area (Å²) in [5.41, 5.74) is 2.49. The summed E-state index contributed by atoms with van der Waals surface area (Å²) in [6, 6.07) is 6.74. The van der Waals surface area contributed by atoms with Crippen LogP contribution in [0.1, 0.15) is 44.4 Å². The topological polar surface area (TPSA) is 54.9 Å². The maximum Gasteiger partial charge on any atom is 0.191 e. The van der Waals surface area contributed by atoms with E-state index in [0.717, 1.165) is 30.3 Å². The van der Waals surface area contributed by atoms with Gasteiger partial charge in [-0.15, -0.1) is 0 Å². The molecule has 1 saturated carbocycles. The monoisotopic (exact) mass is 345 g/mol. The molecule has 138 valence electrons. The number of guanidine groups is 1. The second kappa shape index (κ2) is 6.87. The Kier molecular flexibility index (Phi) is 4.96. The van der Waals surface area contributed by atoms with Crippen LogP contribution >= 0.6 is 0 Å². The second-order valence-corrected chi connectivity index (χ2v) is 7.87. The molecule has 0 bridgehead atoms. The lowest BCUT2D eigenvalue weighted by atomic mass is 9.57. The molecule has 1 aromatic carbocycles. The lowest BCUT2D eigenvalue weighted by Crippen LogP contribution is -2.68. The molecule has 1 aromatic rings. The van der Waals surface area contributed by atoms with Crippen molar-refractivity contribution >= 4 is 5.96 Å². The van der Waals surface area contributed by atoms with Crippen molar-refractivity contribution in [1.29, 1.82) is 0 Å². The van der Waals surface area contributed by atoms with Crippen LogP contribution in [0.2, 0.25) is 0 Å². The molecule has 3 rings (SSSR count). The Bertz CT molecular complexity index is 656. The number of hydrogen-bond acceptors (Lipinski definition) is 3. The Labute approximate surface area is 151 Å². The summed E-state index contributed by atoms with van der Waals surface area (Å²) in [5.74, 6) is 2.31. The molecule has 0 aromatic heterocycles. The molecule has 1 heterocycles. The van der Waals surface area contributed by atoms with Crippen molar-refractivity contribution in [3.63, 3.8) is 0 Å². The van der Waals surface area contributed by atoms with Crippen molar-refractivity contribution < 1.29 is 9.47 Å². The first-order valence-corrected chi connectivity index (χ1v) is 9.14. The molecule has 0 radical (unpaired) electrons. The van der Waals surface area contributed by atoms with Gasteiger partial charge in [0.05, 0.1) is 19.3 Å². The summed E-state index contributed by atoms with van der Waals surface area (Å²) < 4.78 is 11.4. The zero-order valence-corrected chi connectivity index (χ0v) is 16.2. The molecule has 0 amide bonds. The smallest absolute Gasteiger partial charge is 0.191 e. The fraction of sp³-hybridized carbons (Fsp3) is 0.650. The van der Waals surface area contributed by atoms with E-state index in [9.17, 15) is 0 Å². The van der Waals surface area contributed by atoms with Crippen LogP contribution in [0, 0.1) is 18.3 Å². The molecule has 1 aliphatic heterocycles. The van der Waals surface area contributed by atoms with Gasteiger partial charge >= 0.3 is 0 Å². The van der Waals surface area contributed by atoms with Crippen LogP contribution in [0.25, 0.3) is 0 Å². The molecular weight excluding hydrogens is 314 g/mol. The third-order valence-electron chi connectivity index (χ3n) is 5.82. The molecule has 5 nitrogen and oxygen atoms in total. The van der Waals surface area contributed by atoms with E-state index >= 15 is 0 Å². The van der Waals surface area contributed by atoms with Crippen LogP contribution in [0.15, 0.2) is 23.2 Å². The van der Waals surface area contributed by atoms with E-state index in [0.29, 0.717) is 18.1 Å². The van der Waals surface area contributed by atoms with E-state index in [1.807, 2.05) is 13.1 Å². The van der Waals surface area contributed by atoms with E-state index in [4.69, 9.17) is 9.47 Å². The molecule has 4 atom stereocenters. The number of nitrogens with one attached hydrogen (secondary N) is 2. The normalized spacial score (nSPS) is 28.7. The predicted molar refractivity (Wildman–Crippen MR) is 101 cm³/mol. The SMILES string of the molecule is CN=C(NC(C)c1cc(C)ccc1OC)NC1C2CCOC2C1(C)C. The molecule has 1 saturated heterocycles. The van der Waals surface area contributed by atoms with Gasteiger partial charge in [-0.05, 0) is 26.3 Å². The molecular formula is C20H31N3O2. The summed E-state index contributed by atoms with van der Waals surface area (Å²) >= 11 is 0. The van der Waals surface area contributed by atoms with Gasteiger partial charge in [0.15, 0.2) is 5.96 Å². The fourth-order valence-corrected chi connectivity index (χ4v) is 4.41. The molecule has 5 heteroatoms. The summed E-state index contributed by atoms with van der Waals surface area (Å²) in [7, 11) is 3.54. The third kappa shape index (κ3) is 3.22. The first-order valence-electron chi connectivity index (χ1n) is 9.14. The number of benzene rings is 1. The number of nitrogens with zero attached hydrogens (tertiary/aromatic N) is 1. The number of hydrogen-bond donors (Lipinski definition) is 2. The average Bonchev–Trinajstić information content (AvgIpc) is 3.05. The van der Waals surface area contributed by atoms with Gasteiger partial charge in [0.2, 0.25) is 0 Å². The van der Waals surface area contributed by atoms with E-state index < -0.39 is 0 Å². The van der Waals surface area contributed by atoms with Gasteiger partial charge in [-0.1, -0.05) is 31.5 Å². The third-order valence-corrected chi connectivity index (χ3v) is 5.82. The summed E-state index contributed by atoms with van der Waals surface area (Å²) in [6.07, 6.45) is 1.50. The van der Waals surface area contributed by atoms with Crippen molar-refractivity contribution in [2.45, 2.75) is 52.3 Å². The van der Waals surface area contributed by atoms with Crippen molar-refractivity contribution in [1.82, 2.24) is 10.6 Å². The predicted octanol–water partition coefficient (Wildman–Crippen LogP) is 3.04. The highest BCUT2D eigenvalue weighted by molar-refractivity contribution is 5.81. The van der Waals surface area contributed by atoms with Crippen LogP contribution in [-0.4, -0.2) is 38.9 Å². The van der Waals surface area contributed by atoms with Crippen LogP contribution in [0.5, 0.6) is 5.75 Å². The van der Waals surface area contributed by atoms with E-state index in [1.165, 1.54) is 5.56 Å². The minimum absolute atomic E-state index is 0.0971. The van der Waals surface area contributed by atoms with Crippen molar-refractivity contribution in [2.75, 3.05) is 20.8 Å². The molecule has 25 heavy (non-hydrogen) atoms. The standard InChI is InChI=1S/C20H31N3O2/c1-12-7-8-16(24-6)15(11-12)13(2)22-19(21-5)23-17-14-9-10-25-18(14)20(17,3)4/h7-8,11,13-14,17-18H,9-10H2,1-6H3,(H2,21,22,23). The highest BCUT2D eigenvalue weighted by atomic mass is 16.5. The number of ether oxygens (including phenoxy) is 2. The minimum Gasteiger partial charge on any atom is -0.496 e. The summed E-state index contributed by atoms with van der Waals surface area (Å²) in [6.45, 7) is 9.66. The number of aryl methyl sites for hydroxylation is 1. The maximum absolute atomic E-state index is 5.89. The Morgan fingerprint density at radius 1 is 1.40 bits per heavy atom. The quantitative estimate of drug-likeness (QED) is 0.650. The maximum atomic E-state index is 5.89. The van der Waals surface area contributed by atoms with Gasteiger partial charge in [-0.3, -0.25) is 4.99 Å². The van der Waals surface area contributed by atoms with Crippen molar-refractivity contribution in [2.24, 2.45) is 16.3 Å². The van der Waals surface area contributed by atoms with Gasteiger partial charge in [-0.2, -0.15) is 0 Å². The number of aliphatic imine (C=N–C) groups is 1. The largest absolute Gasteiger partial charge is 0.496 e. The molecule has 1 aliphatic carbocycles. The highest BCUT2D eigenvalue weighted by Crippen LogP contribution is 2.52.